The van der Waals surface area contributed by atoms with E-state index in [1.54, 1.807) is 109 Å². The summed E-state index contributed by atoms with van der Waals surface area (Å²) < 4.78 is 264. The molecule has 0 aliphatic heterocycles. The second-order valence-electron chi connectivity index (χ2n) is 36.7. The second-order valence-corrected chi connectivity index (χ2v) is 36.7. The van der Waals surface area contributed by atoms with Gasteiger partial charge in [0.05, 0.1) is 100 Å². The number of para-hydroxylation sites is 2. The maximum Gasteiger partial charge on any atom is 0.417 e. The molecule has 0 unspecified atom stereocenters. The minimum absolute atomic E-state index is 0.0329. The number of aromatic nitrogens is 6. The highest BCUT2D eigenvalue weighted by molar-refractivity contribution is 6.16. The molecule has 0 atom stereocenters. The fourth-order valence-electron chi connectivity index (χ4n) is 20.5. The van der Waals surface area contributed by atoms with E-state index < -0.39 is 76.0 Å². The second kappa shape index (κ2) is 35.4. The summed E-state index contributed by atoms with van der Waals surface area (Å²) in [7, 11) is 0. The highest BCUT2D eigenvalue weighted by Gasteiger charge is 2.42. The molecular weight excluding hydrogens is 1900 g/mol. The Balaban J connectivity index is 0.000000179. The fraction of sp³-hybridized carbons (Fsp3) is 0.100. The van der Waals surface area contributed by atoms with E-state index in [1.165, 1.54) is 36.8 Å². The lowest BCUT2D eigenvalue weighted by molar-refractivity contribution is -0.144. The molecule has 0 fully saturated rings. The minimum atomic E-state index is -5.16. The minimum Gasteiger partial charge on any atom is -0.308 e. The summed E-state index contributed by atoms with van der Waals surface area (Å²) in [5.41, 5.74) is 11.9. The van der Waals surface area contributed by atoms with E-state index >= 15 is 0 Å². The zero-order chi connectivity index (χ0) is 103. The normalized spacial score (nSPS) is 12.4. The third-order valence-electron chi connectivity index (χ3n) is 26.9. The number of nitrogens with zero attached hydrogens (tertiary/aromatic N) is 8. The predicted octanol–water partition coefficient (Wildman–Crippen LogP) is 35.6. The number of rotatable bonds is 12. The van der Waals surface area contributed by atoms with Gasteiger partial charge in [-0.25, -0.2) is 0 Å². The van der Waals surface area contributed by atoms with Crippen molar-refractivity contribution in [1.82, 2.24) is 28.2 Å². The van der Waals surface area contributed by atoms with Crippen LogP contribution in [0.15, 0.2) is 340 Å². The smallest absolute Gasteiger partial charge is 0.308 e. The Labute approximate surface area is 821 Å². The van der Waals surface area contributed by atoms with Crippen molar-refractivity contribution in [3.05, 3.63) is 418 Å². The molecule has 8 nitrogen and oxygen atoms in total. The van der Waals surface area contributed by atoms with Crippen molar-refractivity contribution in [2.45, 2.75) is 78.6 Å². The number of aryl methyl sites for hydroxylation is 6. The van der Waals surface area contributed by atoms with E-state index in [9.17, 15) is 89.6 Å². The molecule has 0 N–H and O–H groups in total. The molecule has 0 saturated carbocycles. The van der Waals surface area contributed by atoms with E-state index in [-0.39, 0.29) is 51.0 Å². The number of benzene rings is 16. The van der Waals surface area contributed by atoms with Crippen molar-refractivity contribution in [3.8, 4) is 124 Å². The molecule has 0 bridgehead atoms. The Morgan fingerprint density at radius 3 is 0.822 bits per heavy atom. The van der Waals surface area contributed by atoms with Gasteiger partial charge in [-0.05, 0) is 335 Å². The Morgan fingerprint density at radius 1 is 0.205 bits per heavy atom. The van der Waals surface area contributed by atoms with Gasteiger partial charge in [-0.1, -0.05) is 144 Å². The van der Waals surface area contributed by atoms with Crippen LogP contribution in [0.5, 0.6) is 0 Å². The number of alkyl halides is 18. The summed E-state index contributed by atoms with van der Waals surface area (Å²) in [4.78, 5) is 8.47. The third kappa shape index (κ3) is 17.3. The highest BCUT2D eigenvalue weighted by atomic mass is 19.4. The van der Waals surface area contributed by atoms with Gasteiger partial charge in [0.2, 0.25) is 0 Å². The first-order valence-electron chi connectivity index (χ1n) is 45.8. The van der Waals surface area contributed by atoms with E-state index in [4.69, 9.17) is 0 Å². The van der Waals surface area contributed by atoms with Crippen LogP contribution in [0.1, 0.15) is 77.9 Å². The van der Waals surface area contributed by atoms with Crippen LogP contribution in [-0.4, -0.2) is 28.2 Å². The molecule has 0 spiro atoms. The predicted molar refractivity (Wildman–Crippen MR) is 537 cm³/mol. The summed E-state index contributed by atoms with van der Waals surface area (Å²) in [6, 6.07) is 89.5. The molecule has 6 aromatic heterocycles. The van der Waals surface area contributed by atoms with Gasteiger partial charge in [0.25, 0.3) is 0 Å². The van der Waals surface area contributed by atoms with Crippen LogP contribution in [0.2, 0.25) is 0 Å². The average Bonchev–Trinajstić information content (AvgIpc) is 1.55. The summed E-state index contributed by atoms with van der Waals surface area (Å²) in [5.74, 6) is 0. The van der Waals surface area contributed by atoms with E-state index in [0.717, 1.165) is 102 Å². The third-order valence-corrected chi connectivity index (χ3v) is 26.9. The molecule has 0 radical (unpaired) electrons. The first kappa shape index (κ1) is 95.0. The van der Waals surface area contributed by atoms with Crippen molar-refractivity contribution in [3.63, 3.8) is 0 Å². The summed E-state index contributed by atoms with van der Waals surface area (Å²) in [6.07, 6.45) is -23.1. The van der Waals surface area contributed by atoms with Crippen molar-refractivity contribution in [1.29, 1.82) is 10.5 Å². The van der Waals surface area contributed by atoms with Crippen LogP contribution < -0.4 is 0 Å². The first-order valence-corrected chi connectivity index (χ1v) is 45.8. The first-order chi connectivity index (χ1) is 69.5. The molecule has 720 valence electrons. The van der Waals surface area contributed by atoms with Crippen molar-refractivity contribution in [2.24, 2.45) is 0 Å². The van der Waals surface area contributed by atoms with Crippen molar-refractivity contribution >= 4 is 87.2 Å². The van der Waals surface area contributed by atoms with Gasteiger partial charge >= 0.3 is 37.1 Å². The van der Waals surface area contributed by atoms with Crippen LogP contribution in [0.4, 0.5) is 79.0 Å². The topological polar surface area (TPSA) is 93.1 Å². The number of nitriles is 2. The number of halogens is 18. The number of hydrogen-bond donors (Lipinski definition) is 0. The SMILES string of the molecule is Cc1cc(C)cc(-c2ccc3c(c2)c2cc(-c4cc(C)cc(C(F)(F)F)c4)ccc2n3-c2cc(-c3ccncc3)cc(-n3c4ccc(-c5cc(C)cc(C(F)(F)F)c5)cc4c4cc(-c5cc(C(F)(F)F)cc(C(F)(F)F)c5)ccc43)c2C#N)c1.Cc1ccc(-c2ccc3c(c2)c2ccccc2n3-c2cc(-c3ccncc3)cc(-n3c4ccccc4c4cc(-c5ccc(C(F)(F)F)cc5C(F)(F)F)ccc43)c2C#N)c(C)c1. The maximum absolute atomic E-state index is 14.4. The van der Waals surface area contributed by atoms with Crippen molar-refractivity contribution in [2.75, 3.05) is 0 Å². The zero-order valence-corrected chi connectivity index (χ0v) is 77.7. The maximum atomic E-state index is 14.4. The standard InChI is InChI=1S/C68H42F12N4.C52H32F6N4/c1-36-17-37(2)19-45(18-36)41-5-9-59-54(28-41)55-29-42(46-20-38(3)22-50(24-46)65(69,70)71)6-10-60(55)83(59)63-32-49(40-13-15-82-16-14-40)33-64(58(63)35-81)84-61-11-7-43(47-21-39(4)23-51(25-47)66(72,73)74)30-56(61)57-31-44(8-12-62(57)84)48-26-52(67(75,76)77)34-53(27-48)68(78,79)80;1-30-11-15-37(31(2)23-30)33-12-17-47-41(24-33)39-7-3-5-9-45(39)61(47)49-26-35(32-19-21-60-22-20-32)27-50(43(49)29-59)62-46-10-6-4-8-40(46)42-25-34(13-18-48(42)62)38-16-14-36(51(53,54)55)28-44(38)52(56,57)58/h5-34H,1-4H3;3-28H,1-2H3. The number of fused-ring (bicyclic) bond motifs is 12. The molecule has 26 heteroatoms. The van der Waals surface area contributed by atoms with Crippen LogP contribution >= 0.6 is 0 Å². The number of pyridine rings is 2. The molecule has 0 saturated heterocycles. The molecule has 6 heterocycles. The fourth-order valence-corrected chi connectivity index (χ4v) is 20.5. The molecule has 0 aliphatic carbocycles. The van der Waals surface area contributed by atoms with Crippen LogP contribution in [0, 0.1) is 64.2 Å². The molecule has 0 aliphatic rings. The lowest BCUT2D eigenvalue weighted by atomic mass is 9.95. The molecule has 0 amide bonds. The average molecular weight is 1970 g/mol. The van der Waals surface area contributed by atoms with Gasteiger partial charge in [0, 0.05) is 67.9 Å². The van der Waals surface area contributed by atoms with E-state index in [0.29, 0.717) is 140 Å². The largest absolute Gasteiger partial charge is 0.417 e. The molecule has 22 aromatic rings. The lowest BCUT2D eigenvalue weighted by Crippen LogP contribution is -2.12. The Morgan fingerprint density at radius 2 is 0.486 bits per heavy atom. The van der Waals surface area contributed by atoms with Crippen LogP contribution in [-0.2, 0) is 37.1 Å². The quantitative estimate of drug-likeness (QED) is 0.114. The van der Waals surface area contributed by atoms with E-state index in [1.807, 2.05) is 138 Å². The lowest BCUT2D eigenvalue weighted by Gasteiger charge is -2.19. The van der Waals surface area contributed by atoms with Crippen molar-refractivity contribution < 1.29 is 79.0 Å². The Kier molecular flexibility index (Phi) is 23.0. The molecule has 146 heavy (non-hydrogen) atoms. The Bertz CT molecular complexity index is 9200. The molecule has 16 aromatic carbocycles. The summed E-state index contributed by atoms with van der Waals surface area (Å²) in [5, 5.41) is 28.2. The summed E-state index contributed by atoms with van der Waals surface area (Å²) >= 11 is 0. The molecule has 22 rings (SSSR count). The van der Waals surface area contributed by atoms with Crippen LogP contribution in [0.3, 0.4) is 0 Å². The van der Waals surface area contributed by atoms with Gasteiger partial charge in [-0.2, -0.15) is 89.6 Å². The van der Waals surface area contributed by atoms with Gasteiger partial charge in [-0.3, -0.25) is 9.97 Å². The number of hydrogen-bond acceptors (Lipinski definition) is 4. The van der Waals surface area contributed by atoms with Gasteiger partial charge in [-0.15, -0.1) is 0 Å². The van der Waals surface area contributed by atoms with Gasteiger partial charge < -0.3 is 18.3 Å². The van der Waals surface area contributed by atoms with E-state index in [2.05, 4.69) is 83.0 Å². The zero-order valence-electron chi connectivity index (χ0n) is 77.7. The van der Waals surface area contributed by atoms with Crippen LogP contribution in [0.25, 0.3) is 199 Å². The Hall–Kier alpha value is -17.3. The van der Waals surface area contributed by atoms with Gasteiger partial charge in [0.15, 0.2) is 0 Å². The summed E-state index contributed by atoms with van der Waals surface area (Å²) in [6.45, 7) is 11.2. The van der Waals surface area contributed by atoms with Gasteiger partial charge in [0.1, 0.15) is 23.3 Å². The highest BCUT2D eigenvalue weighted by Crippen LogP contribution is 2.51. The monoisotopic (exact) mass is 1970 g/mol. The molecular formula is C120H74F18N8.